The zero-order valence-electron chi connectivity index (χ0n) is 13.8. The standard InChI is InChI=1S/C18H17N3O3S2/c22-15(19-14(17(23)24)11-6-2-1-3-7-11)12-10-13-16(25-12)20-18(26-13)21-8-4-5-9-21/h1-3,6-7,10,14H,4-5,8-9H2,(H,19,22)(H,23,24)/t14-/m1/s1. The Kier molecular flexibility index (Phi) is 4.60. The van der Waals surface area contributed by atoms with Gasteiger partial charge in [-0.1, -0.05) is 41.7 Å². The van der Waals surface area contributed by atoms with Crippen LogP contribution in [0.4, 0.5) is 5.13 Å². The van der Waals surface area contributed by atoms with Crippen LogP contribution in [0.1, 0.15) is 34.1 Å². The van der Waals surface area contributed by atoms with Crippen molar-refractivity contribution in [3.05, 3.63) is 46.8 Å². The average Bonchev–Trinajstić information content (AvgIpc) is 3.34. The fourth-order valence-electron chi connectivity index (χ4n) is 3.01. The zero-order valence-corrected chi connectivity index (χ0v) is 15.5. The van der Waals surface area contributed by atoms with Crippen LogP contribution in [0.3, 0.4) is 0 Å². The Labute approximate surface area is 158 Å². The first-order valence-corrected chi connectivity index (χ1v) is 9.99. The molecular weight excluding hydrogens is 370 g/mol. The quantitative estimate of drug-likeness (QED) is 0.700. The maximum atomic E-state index is 12.5. The number of amides is 1. The van der Waals surface area contributed by atoms with Gasteiger partial charge >= 0.3 is 5.97 Å². The Morgan fingerprint density at radius 1 is 1.15 bits per heavy atom. The van der Waals surface area contributed by atoms with Crippen LogP contribution in [0.25, 0.3) is 9.53 Å². The second-order valence-electron chi connectivity index (χ2n) is 6.13. The first-order chi connectivity index (χ1) is 12.6. The van der Waals surface area contributed by atoms with E-state index in [4.69, 9.17) is 0 Å². The van der Waals surface area contributed by atoms with Crippen molar-refractivity contribution in [2.75, 3.05) is 18.0 Å². The maximum absolute atomic E-state index is 12.5. The number of fused-ring (bicyclic) bond motifs is 1. The summed E-state index contributed by atoms with van der Waals surface area (Å²) in [6, 6.07) is 9.42. The molecule has 3 aromatic rings. The zero-order chi connectivity index (χ0) is 18.1. The molecule has 0 spiro atoms. The molecule has 26 heavy (non-hydrogen) atoms. The number of anilines is 1. The number of hydrogen-bond acceptors (Lipinski definition) is 6. The second kappa shape index (κ2) is 7.05. The summed E-state index contributed by atoms with van der Waals surface area (Å²) >= 11 is 2.88. The van der Waals surface area contributed by atoms with Crippen molar-refractivity contribution in [3.8, 4) is 0 Å². The van der Waals surface area contributed by atoms with Gasteiger partial charge in [-0.3, -0.25) is 4.79 Å². The molecule has 2 aromatic heterocycles. The lowest BCUT2D eigenvalue weighted by molar-refractivity contribution is -0.139. The van der Waals surface area contributed by atoms with Crippen LogP contribution in [0.5, 0.6) is 0 Å². The predicted molar refractivity (Wildman–Crippen MR) is 103 cm³/mol. The van der Waals surface area contributed by atoms with Gasteiger partial charge in [0.15, 0.2) is 11.2 Å². The summed E-state index contributed by atoms with van der Waals surface area (Å²) in [4.78, 5) is 32.3. The molecule has 1 fully saturated rings. The third-order valence-corrected chi connectivity index (χ3v) is 6.55. The van der Waals surface area contributed by atoms with E-state index in [1.807, 2.05) is 0 Å². The first kappa shape index (κ1) is 17.0. The molecule has 0 aliphatic carbocycles. The Hall–Kier alpha value is -2.45. The van der Waals surface area contributed by atoms with Crippen molar-refractivity contribution >= 4 is 49.2 Å². The number of benzene rings is 1. The van der Waals surface area contributed by atoms with Crippen molar-refractivity contribution in [3.63, 3.8) is 0 Å². The van der Waals surface area contributed by atoms with Gasteiger partial charge in [0.25, 0.3) is 5.91 Å². The number of carboxylic acid groups (broad SMARTS) is 1. The van der Waals surface area contributed by atoms with Crippen molar-refractivity contribution in [2.24, 2.45) is 0 Å². The number of aliphatic carboxylic acids is 1. The van der Waals surface area contributed by atoms with E-state index in [0.29, 0.717) is 10.4 Å². The fourth-order valence-corrected chi connectivity index (χ4v) is 5.18. The highest BCUT2D eigenvalue weighted by Gasteiger charge is 2.24. The third-order valence-electron chi connectivity index (χ3n) is 4.33. The van der Waals surface area contributed by atoms with Gasteiger partial charge in [0.2, 0.25) is 0 Å². The maximum Gasteiger partial charge on any atom is 0.330 e. The van der Waals surface area contributed by atoms with Gasteiger partial charge in [-0.2, -0.15) is 0 Å². The Morgan fingerprint density at radius 3 is 2.54 bits per heavy atom. The number of carbonyl (C=O) groups is 2. The molecule has 8 heteroatoms. The summed E-state index contributed by atoms with van der Waals surface area (Å²) in [7, 11) is 0. The van der Waals surface area contributed by atoms with Crippen LogP contribution in [0.2, 0.25) is 0 Å². The summed E-state index contributed by atoms with van der Waals surface area (Å²) in [6.45, 7) is 2.07. The molecule has 134 valence electrons. The van der Waals surface area contributed by atoms with Crippen LogP contribution in [-0.2, 0) is 4.79 Å². The minimum atomic E-state index is -1.09. The van der Waals surface area contributed by atoms with E-state index in [9.17, 15) is 14.7 Å². The Morgan fingerprint density at radius 2 is 1.88 bits per heavy atom. The number of thiazole rings is 1. The largest absolute Gasteiger partial charge is 0.479 e. The van der Waals surface area contributed by atoms with Crippen molar-refractivity contribution in [1.29, 1.82) is 0 Å². The SMILES string of the molecule is O=C(N[C@@H](C(=O)O)c1ccccc1)c1cc2sc(N3CCCC3)nc2s1. The minimum Gasteiger partial charge on any atom is -0.479 e. The summed E-state index contributed by atoms with van der Waals surface area (Å²) in [5.41, 5.74) is 0.543. The van der Waals surface area contributed by atoms with Gasteiger partial charge in [0.05, 0.1) is 9.58 Å². The monoisotopic (exact) mass is 387 g/mol. The van der Waals surface area contributed by atoms with Crippen LogP contribution in [0, 0.1) is 0 Å². The number of nitrogens with zero attached hydrogens (tertiary/aromatic N) is 2. The number of aromatic nitrogens is 1. The van der Waals surface area contributed by atoms with Crippen LogP contribution in [-0.4, -0.2) is 35.1 Å². The normalized spacial score (nSPS) is 15.3. The third kappa shape index (κ3) is 3.30. The molecule has 1 saturated heterocycles. The number of rotatable bonds is 5. The molecule has 2 N–H and O–H groups in total. The van der Waals surface area contributed by atoms with E-state index in [1.54, 1.807) is 47.7 Å². The number of carboxylic acids is 1. The number of carbonyl (C=O) groups excluding carboxylic acids is 1. The number of nitrogens with one attached hydrogen (secondary N) is 1. The van der Waals surface area contributed by atoms with Gasteiger partial charge in [-0.15, -0.1) is 11.3 Å². The fraction of sp³-hybridized carbons (Fsp3) is 0.278. The summed E-state index contributed by atoms with van der Waals surface area (Å²) in [6.07, 6.45) is 2.38. The van der Waals surface area contributed by atoms with Crippen molar-refractivity contribution in [2.45, 2.75) is 18.9 Å². The lowest BCUT2D eigenvalue weighted by Gasteiger charge is -2.14. The van der Waals surface area contributed by atoms with Crippen molar-refractivity contribution in [1.82, 2.24) is 10.3 Å². The summed E-state index contributed by atoms with van der Waals surface area (Å²) < 4.78 is 0.966. The molecule has 0 unspecified atom stereocenters. The molecule has 4 rings (SSSR count). The molecule has 0 saturated carbocycles. The van der Waals surface area contributed by atoms with Crippen LogP contribution in [0.15, 0.2) is 36.4 Å². The molecule has 1 amide bonds. The Bertz CT molecular complexity index is 914. The highest BCUT2D eigenvalue weighted by atomic mass is 32.1. The minimum absolute atomic E-state index is 0.390. The lowest BCUT2D eigenvalue weighted by atomic mass is 10.1. The molecule has 0 radical (unpaired) electrons. The average molecular weight is 387 g/mol. The van der Waals surface area contributed by atoms with Crippen LogP contribution < -0.4 is 10.2 Å². The van der Waals surface area contributed by atoms with E-state index in [0.717, 1.165) is 27.8 Å². The van der Waals surface area contributed by atoms with E-state index >= 15 is 0 Å². The van der Waals surface area contributed by atoms with E-state index < -0.39 is 12.0 Å². The summed E-state index contributed by atoms with van der Waals surface area (Å²) in [5, 5.41) is 13.1. The highest BCUT2D eigenvalue weighted by molar-refractivity contribution is 7.29. The van der Waals surface area contributed by atoms with Crippen LogP contribution >= 0.6 is 22.7 Å². The van der Waals surface area contributed by atoms with Gasteiger partial charge in [0.1, 0.15) is 4.83 Å². The smallest absolute Gasteiger partial charge is 0.330 e. The second-order valence-corrected chi connectivity index (χ2v) is 8.17. The molecule has 1 atom stereocenters. The predicted octanol–water partition coefficient (Wildman–Crippen LogP) is 3.51. The summed E-state index contributed by atoms with van der Waals surface area (Å²) in [5.74, 6) is -1.48. The highest BCUT2D eigenvalue weighted by Crippen LogP contribution is 2.36. The first-order valence-electron chi connectivity index (χ1n) is 8.36. The Balaban J connectivity index is 1.53. The van der Waals surface area contributed by atoms with E-state index in [2.05, 4.69) is 15.2 Å². The number of hydrogen-bond donors (Lipinski definition) is 2. The molecule has 1 aromatic carbocycles. The number of thiophene rings is 1. The molecule has 0 bridgehead atoms. The van der Waals surface area contributed by atoms with Gasteiger partial charge in [-0.05, 0) is 24.5 Å². The van der Waals surface area contributed by atoms with Crippen molar-refractivity contribution < 1.29 is 14.7 Å². The topological polar surface area (TPSA) is 82.5 Å². The molecule has 1 aliphatic rings. The van der Waals surface area contributed by atoms with Gasteiger partial charge < -0.3 is 15.3 Å². The van der Waals surface area contributed by atoms with E-state index in [-0.39, 0.29) is 5.91 Å². The lowest BCUT2D eigenvalue weighted by Crippen LogP contribution is -2.33. The molecule has 3 heterocycles. The molecule has 6 nitrogen and oxygen atoms in total. The van der Waals surface area contributed by atoms with Gasteiger partial charge in [-0.25, -0.2) is 9.78 Å². The molecular formula is C18H17N3O3S2. The van der Waals surface area contributed by atoms with Gasteiger partial charge in [0, 0.05) is 13.1 Å². The molecule has 1 aliphatic heterocycles. The van der Waals surface area contributed by atoms with E-state index in [1.165, 1.54) is 24.2 Å².